The number of aryl methyl sites for hydroxylation is 1. The molecule has 1 aliphatic rings. The lowest BCUT2D eigenvalue weighted by molar-refractivity contribution is 0.0374. The highest BCUT2D eigenvalue weighted by molar-refractivity contribution is 5.06. The van der Waals surface area contributed by atoms with Gasteiger partial charge < -0.3 is 14.6 Å². The Morgan fingerprint density at radius 1 is 1.33 bits per heavy atom. The number of morpholine rings is 1. The lowest BCUT2D eigenvalue weighted by atomic mass is 10.3. The molecule has 1 aromatic heterocycles. The summed E-state index contributed by atoms with van der Waals surface area (Å²) in [6.07, 6.45) is 3.36. The molecular weight excluding hydrogens is 226 g/mol. The van der Waals surface area contributed by atoms with Gasteiger partial charge in [-0.1, -0.05) is 0 Å². The van der Waals surface area contributed by atoms with E-state index in [9.17, 15) is 0 Å². The molecule has 1 aromatic rings. The monoisotopic (exact) mass is 251 g/mol. The Balaban J connectivity index is 1.55. The minimum atomic E-state index is 0.900. The van der Waals surface area contributed by atoms with Crippen molar-refractivity contribution in [2.24, 2.45) is 0 Å². The van der Waals surface area contributed by atoms with Crippen LogP contribution in [0.5, 0.6) is 0 Å². The second-order valence-electron chi connectivity index (χ2n) is 4.77. The van der Waals surface area contributed by atoms with E-state index in [0.29, 0.717) is 0 Å². The summed E-state index contributed by atoms with van der Waals surface area (Å²) >= 11 is 0. The van der Waals surface area contributed by atoms with Gasteiger partial charge in [0.25, 0.3) is 0 Å². The van der Waals surface area contributed by atoms with Gasteiger partial charge in [-0.05, 0) is 38.6 Å². The normalized spacial score (nSPS) is 17.2. The molecule has 1 N–H and O–H groups in total. The molecule has 0 atom stereocenters. The van der Waals surface area contributed by atoms with E-state index in [4.69, 9.17) is 4.74 Å². The molecule has 2 rings (SSSR count). The van der Waals surface area contributed by atoms with Crippen LogP contribution in [-0.4, -0.2) is 48.9 Å². The van der Waals surface area contributed by atoms with E-state index in [-0.39, 0.29) is 0 Å². The van der Waals surface area contributed by atoms with Gasteiger partial charge >= 0.3 is 0 Å². The second kappa shape index (κ2) is 7.56. The molecule has 1 aliphatic heterocycles. The highest BCUT2D eigenvalue weighted by Gasteiger charge is 2.08. The third-order valence-electron chi connectivity index (χ3n) is 3.50. The molecule has 4 nitrogen and oxygen atoms in total. The zero-order valence-electron chi connectivity index (χ0n) is 11.4. The second-order valence-corrected chi connectivity index (χ2v) is 4.77. The van der Waals surface area contributed by atoms with Crippen LogP contribution >= 0.6 is 0 Å². The van der Waals surface area contributed by atoms with Gasteiger partial charge in [-0.15, -0.1) is 0 Å². The topological polar surface area (TPSA) is 29.4 Å². The maximum absolute atomic E-state index is 5.34. The number of nitrogens with zero attached hydrogens (tertiary/aromatic N) is 2. The standard InChI is InChI=1S/C14H25N3O/c1-2-17-8-3-5-14(17)13-15-6-4-7-16-9-11-18-12-10-16/h3,5,8,15H,2,4,6-7,9-13H2,1H3. The summed E-state index contributed by atoms with van der Waals surface area (Å²) in [6, 6.07) is 4.31. The first-order chi connectivity index (χ1) is 8.90. The number of ether oxygens (including phenoxy) is 1. The van der Waals surface area contributed by atoms with Crippen LogP contribution in [0.4, 0.5) is 0 Å². The Morgan fingerprint density at radius 3 is 2.94 bits per heavy atom. The van der Waals surface area contributed by atoms with E-state index >= 15 is 0 Å². The lowest BCUT2D eigenvalue weighted by Crippen LogP contribution is -2.37. The summed E-state index contributed by atoms with van der Waals surface area (Å²) in [6.45, 7) is 10.5. The van der Waals surface area contributed by atoms with E-state index in [1.54, 1.807) is 0 Å². The van der Waals surface area contributed by atoms with E-state index in [2.05, 4.69) is 40.0 Å². The molecule has 0 spiro atoms. The van der Waals surface area contributed by atoms with E-state index in [1.807, 2.05) is 0 Å². The number of rotatable bonds is 7. The Kier molecular flexibility index (Phi) is 5.71. The van der Waals surface area contributed by atoms with Crippen LogP contribution in [0, 0.1) is 0 Å². The Morgan fingerprint density at radius 2 is 2.17 bits per heavy atom. The van der Waals surface area contributed by atoms with Crippen LogP contribution in [-0.2, 0) is 17.8 Å². The van der Waals surface area contributed by atoms with Gasteiger partial charge in [-0.2, -0.15) is 0 Å². The van der Waals surface area contributed by atoms with Crippen molar-refractivity contribution in [1.29, 1.82) is 0 Å². The molecule has 1 saturated heterocycles. The van der Waals surface area contributed by atoms with Crippen LogP contribution in [0.15, 0.2) is 18.3 Å². The molecule has 4 heteroatoms. The van der Waals surface area contributed by atoms with Crippen LogP contribution in [0.25, 0.3) is 0 Å². The molecule has 0 aromatic carbocycles. The highest BCUT2D eigenvalue weighted by Crippen LogP contribution is 2.02. The minimum Gasteiger partial charge on any atom is -0.379 e. The summed E-state index contributed by atoms with van der Waals surface area (Å²) < 4.78 is 7.63. The van der Waals surface area contributed by atoms with Gasteiger partial charge in [0.15, 0.2) is 0 Å². The molecule has 0 saturated carbocycles. The van der Waals surface area contributed by atoms with Gasteiger partial charge in [0.05, 0.1) is 13.2 Å². The third kappa shape index (κ3) is 4.12. The fourth-order valence-corrected chi connectivity index (χ4v) is 2.39. The number of hydrogen-bond acceptors (Lipinski definition) is 3. The molecule has 0 amide bonds. The summed E-state index contributed by atoms with van der Waals surface area (Å²) in [5, 5.41) is 3.52. The number of nitrogens with one attached hydrogen (secondary N) is 1. The predicted octanol–water partition coefficient (Wildman–Crippen LogP) is 1.32. The van der Waals surface area contributed by atoms with Gasteiger partial charge in [-0.25, -0.2) is 0 Å². The van der Waals surface area contributed by atoms with Crippen molar-refractivity contribution in [2.75, 3.05) is 39.4 Å². The third-order valence-corrected chi connectivity index (χ3v) is 3.50. The first-order valence-corrected chi connectivity index (χ1v) is 7.05. The molecule has 1 fully saturated rings. The van der Waals surface area contributed by atoms with E-state index < -0.39 is 0 Å². The van der Waals surface area contributed by atoms with Crippen molar-refractivity contribution < 1.29 is 4.74 Å². The maximum Gasteiger partial charge on any atom is 0.0594 e. The highest BCUT2D eigenvalue weighted by atomic mass is 16.5. The number of aromatic nitrogens is 1. The van der Waals surface area contributed by atoms with Crippen molar-refractivity contribution in [3.63, 3.8) is 0 Å². The van der Waals surface area contributed by atoms with Crippen LogP contribution in [0.1, 0.15) is 19.0 Å². The Hall–Kier alpha value is -0.840. The fraction of sp³-hybridized carbons (Fsp3) is 0.714. The van der Waals surface area contributed by atoms with E-state index in [1.165, 1.54) is 18.7 Å². The van der Waals surface area contributed by atoms with Crippen LogP contribution in [0.2, 0.25) is 0 Å². The van der Waals surface area contributed by atoms with E-state index in [0.717, 1.165) is 45.9 Å². The summed E-state index contributed by atoms with van der Waals surface area (Å²) in [5.41, 5.74) is 1.38. The molecule has 18 heavy (non-hydrogen) atoms. The maximum atomic E-state index is 5.34. The summed E-state index contributed by atoms with van der Waals surface area (Å²) in [7, 11) is 0. The first-order valence-electron chi connectivity index (χ1n) is 7.05. The van der Waals surface area contributed by atoms with Crippen LogP contribution in [0.3, 0.4) is 0 Å². The SMILES string of the molecule is CCn1cccc1CNCCCN1CCOCC1. The largest absolute Gasteiger partial charge is 0.379 e. The van der Waals surface area contributed by atoms with Crippen molar-refractivity contribution >= 4 is 0 Å². The molecule has 2 heterocycles. The summed E-state index contributed by atoms with van der Waals surface area (Å²) in [4.78, 5) is 2.49. The Bertz CT molecular complexity index is 332. The smallest absolute Gasteiger partial charge is 0.0594 e. The summed E-state index contributed by atoms with van der Waals surface area (Å²) in [5.74, 6) is 0. The first kappa shape index (κ1) is 13.6. The van der Waals surface area contributed by atoms with Crippen LogP contribution < -0.4 is 5.32 Å². The van der Waals surface area contributed by atoms with Gasteiger partial charge in [0.1, 0.15) is 0 Å². The Labute approximate surface area is 110 Å². The van der Waals surface area contributed by atoms with Crippen molar-refractivity contribution in [3.8, 4) is 0 Å². The number of hydrogen-bond donors (Lipinski definition) is 1. The molecule has 102 valence electrons. The zero-order valence-corrected chi connectivity index (χ0v) is 11.4. The molecule has 0 unspecified atom stereocenters. The van der Waals surface area contributed by atoms with Gasteiger partial charge in [0, 0.05) is 38.1 Å². The molecule has 0 bridgehead atoms. The van der Waals surface area contributed by atoms with Gasteiger partial charge in [-0.3, -0.25) is 4.90 Å². The lowest BCUT2D eigenvalue weighted by Gasteiger charge is -2.26. The molecule has 0 radical (unpaired) electrons. The average Bonchev–Trinajstić information content (AvgIpc) is 2.87. The average molecular weight is 251 g/mol. The van der Waals surface area contributed by atoms with Crippen molar-refractivity contribution in [2.45, 2.75) is 26.4 Å². The van der Waals surface area contributed by atoms with Crippen molar-refractivity contribution in [3.05, 3.63) is 24.0 Å². The minimum absolute atomic E-state index is 0.900. The fourth-order valence-electron chi connectivity index (χ4n) is 2.39. The molecule has 0 aliphatic carbocycles. The predicted molar refractivity (Wildman–Crippen MR) is 73.7 cm³/mol. The molecular formula is C14H25N3O. The zero-order chi connectivity index (χ0) is 12.6. The van der Waals surface area contributed by atoms with Crippen molar-refractivity contribution in [1.82, 2.24) is 14.8 Å². The van der Waals surface area contributed by atoms with Gasteiger partial charge in [0.2, 0.25) is 0 Å². The quantitative estimate of drug-likeness (QED) is 0.741.